The van der Waals surface area contributed by atoms with Crippen LogP contribution < -0.4 is 5.32 Å². The second-order valence-corrected chi connectivity index (χ2v) is 5.38. The molecule has 0 spiro atoms. The molecule has 0 aliphatic carbocycles. The molecule has 0 radical (unpaired) electrons. The van der Waals surface area contributed by atoms with Crippen LogP contribution in [0, 0.1) is 0 Å². The summed E-state index contributed by atoms with van der Waals surface area (Å²) in [5, 5.41) is 13.2. The van der Waals surface area contributed by atoms with Gasteiger partial charge in [0, 0.05) is 17.7 Å². The van der Waals surface area contributed by atoms with Crippen LogP contribution in [0.3, 0.4) is 0 Å². The van der Waals surface area contributed by atoms with Gasteiger partial charge in [0.25, 0.3) is 0 Å². The van der Waals surface area contributed by atoms with Gasteiger partial charge in [-0.05, 0) is 17.5 Å². The predicted molar refractivity (Wildman–Crippen MR) is 67.3 cm³/mol. The third-order valence-corrected chi connectivity index (χ3v) is 3.83. The highest BCUT2D eigenvalue weighted by molar-refractivity contribution is 5.57. The van der Waals surface area contributed by atoms with E-state index in [4.69, 9.17) is 4.74 Å². The van der Waals surface area contributed by atoms with Crippen molar-refractivity contribution in [2.24, 2.45) is 0 Å². The van der Waals surface area contributed by atoms with Crippen LogP contribution in [0.2, 0.25) is 0 Å². The Bertz CT molecular complexity index is 430. The highest BCUT2D eigenvalue weighted by Gasteiger charge is 2.36. The fourth-order valence-corrected chi connectivity index (χ4v) is 2.70. The largest absolute Gasteiger partial charge is 0.389 e. The van der Waals surface area contributed by atoms with E-state index in [2.05, 4.69) is 37.4 Å². The van der Waals surface area contributed by atoms with E-state index in [1.54, 1.807) is 0 Å². The van der Waals surface area contributed by atoms with E-state index >= 15 is 0 Å². The molecular formula is C14H19NO2. The molecule has 3 unspecified atom stereocenters. The Morgan fingerprint density at radius 2 is 2.24 bits per heavy atom. The minimum atomic E-state index is -0.385. The molecule has 2 aliphatic rings. The molecule has 0 amide bonds. The van der Waals surface area contributed by atoms with Crippen molar-refractivity contribution in [2.45, 2.75) is 44.4 Å². The summed E-state index contributed by atoms with van der Waals surface area (Å²) in [6.07, 6.45) is 0.637. The van der Waals surface area contributed by atoms with Crippen LogP contribution in [-0.2, 0) is 4.74 Å². The number of aliphatic hydroxyl groups excluding tert-OH is 1. The van der Waals surface area contributed by atoms with Crippen LogP contribution >= 0.6 is 0 Å². The summed E-state index contributed by atoms with van der Waals surface area (Å²) in [4.78, 5) is 0. The zero-order chi connectivity index (χ0) is 12.0. The van der Waals surface area contributed by atoms with E-state index in [1.165, 1.54) is 11.1 Å². The molecule has 3 rings (SSSR count). The van der Waals surface area contributed by atoms with Gasteiger partial charge in [0.1, 0.15) is 0 Å². The van der Waals surface area contributed by atoms with Gasteiger partial charge >= 0.3 is 0 Å². The first-order valence-corrected chi connectivity index (χ1v) is 6.35. The van der Waals surface area contributed by atoms with Gasteiger partial charge in [0.05, 0.1) is 24.9 Å². The van der Waals surface area contributed by atoms with Crippen molar-refractivity contribution in [2.75, 3.05) is 11.9 Å². The van der Waals surface area contributed by atoms with E-state index < -0.39 is 0 Å². The molecule has 2 heterocycles. The van der Waals surface area contributed by atoms with Gasteiger partial charge in [0.2, 0.25) is 0 Å². The van der Waals surface area contributed by atoms with Crippen molar-refractivity contribution in [3.05, 3.63) is 29.3 Å². The number of hydrogen-bond donors (Lipinski definition) is 2. The molecule has 3 heteroatoms. The maximum Gasteiger partial charge on any atom is 0.0975 e. The summed E-state index contributed by atoms with van der Waals surface area (Å²) in [5.74, 6) is 0.534. The van der Waals surface area contributed by atoms with Crippen molar-refractivity contribution in [3.8, 4) is 0 Å². The van der Waals surface area contributed by atoms with Gasteiger partial charge in [-0.25, -0.2) is 0 Å². The van der Waals surface area contributed by atoms with E-state index in [0.29, 0.717) is 12.5 Å². The van der Waals surface area contributed by atoms with Crippen molar-refractivity contribution in [1.82, 2.24) is 0 Å². The zero-order valence-corrected chi connectivity index (χ0v) is 10.3. The van der Waals surface area contributed by atoms with Gasteiger partial charge < -0.3 is 15.2 Å². The van der Waals surface area contributed by atoms with Crippen LogP contribution in [0.5, 0.6) is 0 Å². The normalized spacial score (nSPS) is 30.9. The van der Waals surface area contributed by atoms with Crippen LogP contribution in [0.1, 0.15) is 43.4 Å². The molecule has 1 aromatic rings. The number of anilines is 1. The van der Waals surface area contributed by atoms with Crippen LogP contribution in [0.4, 0.5) is 5.69 Å². The Hall–Kier alpha value is -1.06. The monoisotopic (exact) mass is 233 g/mol. The standard InChI is InChI=1S/C14H19NO2/c1-8(2)9-3-4-11-10(5-9)14-6-12(15-11)13(16)7-17-14/h3-5,8,12-16H,6-7H2,1-2H3. The lowest BCUT2D eigenvalue weighted by Crippen LogP contribution is -2.45. The first kappa shape index (κ1) is 11.1. The molecule has 1 fully saturated rings. The van der Waals surface area contributed by atoms with Crippen LogP contribution in [-0.4, -0.2) is 23.9 Å². The molecule has 1 aromatic carbocycles. The topological polar surface area (TPSA) is 41.5 Å². The average molecular weight is 233 g/mol. The second-order valence-electron chi connectivity index (χ2n) is 5.38. The third kappa shape index (κ3) is 1.83. The van der Waals surface area contributed by atoms with E-state index in [-0.39, 0.29) is 18.2 Å². The molecule has 17 heavy (non-hydrogen) atoms. The Morgan fingerprint density at radius 3 is 3.00 bits per heavy atom. The number of benzene rings is 1. The number of ether oxygens (including phenoxy) is 1. The van der Waals surface area contributed by atoms with Crippen molar-refractivity contribution in [1.29, 1.82) is 0 Å². The van der Waals surface area contributed by atoms with Crippen molar-refractivity contribution in [3.63, 3.8) is 0 Å². The van der Waals surface area contributed by atoms with Crippen LogP contribution in [0.15, 0.2) is 18.2 Å². The van der Waals surface area contributed by atoms with Gasteiger partial charge in [0.15, 0.2) is 0 Å². The number of aliphatic hydroxyl groups is 1. The Balaban J connectivity index is 1.99. The van der Waals surface area contributed by atoms with Gasteiger partial charge in [-0.3, -0.25) is 0 Å². The fraction of sp³-hybridized carbons (Fsp3) is 0.571. The average Bonchev–Trinajstić information content (AvgIpc) is 2.33. The minimum Gasteiger partial charge on any atom is -0.389 e. The molecule has 3 atom stereocenters. The molecular weight excluding hydrogens is 214 g/mol. The summed E-state index contributed by atoms with van der Waals surface area (Å²) < 4.78 is 5.73. The number of hydrogen-bond acceptors (Lipinski definition) is 3. The van der Waals surface area contributed by atoms with E-state index in [1.807, 2.05) is 0 Å². The first-order chi connectivity index (χ1) is 8.15. The second kappa shape index (κ2) is 4.00. The Morgan fingerprint density at radius 1 is 1.41 bits per heavy atom. The van der Waals surface area contributed by atoms with Gasteiger partial charge in [-0.15, -0.1) is 0 Å². The lowest BCUT2D eigenvalue weighted by molar-refractivity contribution is -0.0672. The van der Waals surface area contributed by atoms with Crippen molar-refractivity contribution >= 4 is 5.69 Å². The van der Waals surface area contributed by atoms with Crippen LogP contribution in [0.25, 0.3) is 0 Å². The SMILES string of the molecule is CC(C)c1ccc2c(c1)C1CC(N2)C(O)CO1. The Labute approximate surface area is 102 Å². The third-order valence-electron chi connectivity index (χ3n) is 3.83. The molecule has 3 nitrogen and oxygen atoms in total. The molecule has 1 saturated heterocycles. The van der Waals surface area contributed by atoms with E-state index in [0.717, 1.165) is 12.1 Å². The Kier molecular flexibility index (Phi) is 2.60. The summed E-state index contributed by atoms with van der Waals surface area (Å²) in [6, 6.07) is 6.66. The zero-order valence-electron chi connectivity index (χ0n) is 10.3. The first-order valence-electron chi connectivity index (χ1n) is 6.35. The highest BCUT2D eigenvalue weighted by atomic mass is 16.5. The highest BCUT2D eigenvalue weighted by Crippen LogP contribution is 2.40. The molecule has 0 aromatic heterocycles. The van der Waals surface area contributed by atoms with E-state index in [9.17, 15) is 5.11 Å². The maximum atomic E-state index is 9.80. The molecule has 2 aliphatic heterocycles. The lowest BCUT2D eigenvalue weighted by Gasteiger charge is -2.40. The molecule has 2 bridgehead atoms. The van der Waals surface area contributed by atoms with Gasteiger partial charge in [-0.1, -0.05) is 26.0 Å². The number of rotatable bonds is 1. The maximum absolute atomic E-state index is 9.80. The summed E-state index contributed by atoms with van der Waals surface area (Å²) in [7, 11) is 0. The molecule has 92 valence electrons. The smallest absolute Gasteiger partial charge is 0.0975 e. The predicted octanol–water partition coefficient (Wildman–Crippen LogP) is 2.43. The van der Waals surface area contributed by atoms with Gasteiger partial charge in [-0.2, -0.15) is 0 Å². The lowest BCUT2D eigenvalue weighted by atomic mass is 9.88. The fourth-order valence-electron chi connectivity index (χ4n) is 2.70. The molecule has 0 saturated carbocycles. The molecule has 2 N–H and O–H groups in total. The number of fused-ring (bicyclic) bond motifs is 4. The summed E-state index contributed by atoms with van der Waals surface area (Å²) in [6.45, 7) is 4.84. The van der Waals surface area contributed by atoms with Crippen molar-refractivity contribution < 1.29 is 9.84 Å². The number of nitrogens with one attached hydrogen (secondary N) is 1. The summed E-state index contributed by atoms with van der Waals surface area (Å²) in [5.41, 5.74) is 3.72. The minimum absolute atomic E-state index is 0.145. The summed E-state index contributed by atoms with van der Waals surface area (Å²) >= 11 is 0. The quantitative estimate of drug-likeness (QED) is 0.782.